The van der Waals surface area contributed by atoms with Crippen LogP contribution in [0.3, 0.4) is 0 Å². The quantitative estimate of drug-likeness (QED) is 0.482. The van der Waals surface area contributed by atoms with Crippen molar-refractivity contribution in [2.45, 2.75) is 52.1 Å². The van der Waals surface area contributed by atoms with Gasteiger partial charge in [0.1, 0.15) is 11.8 Å². The van der Waals surface area contributed by atoms with Gasteiger partial charge in [-0.05, 0) is 91.2 Å². The molecule has 2 amide bonds. The molecule has 0 bridgehead atoms. The second-order valence-corrected chi connectivity index (χ2v) is 7.91. The molecule has 6 nitrogen and oxygen atoms in total. The Morgan fingerprint density at radius 2 is 1.89 bits per heavy atom. The largest absolute Gasteiger partial charge is 0.508 e. The summed E-state index contributed by atoms with van der Waals surface area (Å²) in [5, 5.41) is 19.3. The van der Waals surface area contributed by atoms with E-state index >= 15 is 0 Å². The van der Waals surface area contributed by atoms with E-state index in [1.165, 1.54) is 5.56 Å². The van der Waals surface area contributed by atoms with Crippen molar-refractivity contribution in [2.75, 3.05) is 6.54 Å². The van der Waals surface area contributed by atoms with Crippen molar-refractivity contribution < 1.29 is 14.7 Å². The molecule has 5 N–H and O–H groups in total. The molecule has 1 aromatic heterocycles. The summed E-state index contributed by atoms with van der Waals surface area (Å²) < 4.78 is 0. The predicted octanol–water partition coefficient (Wildman–Crippen LogP) is 2.19. The fourth-order valence-corrected chi connectivity index (χ4v) is 3.79. The number of rotatable bonds is 9. The topological polar surface area (TPSA) is 104 Å². The first-order chi connectivity index (χ1) is 13.3. The van der Waals surface area contributed by atoms with Gasteiger partial charge >= 0.3 is 0 Å². The summed E-state index contributed by atoms with van der Waals surface area (Å²) in [5.41, 5.74) is 10.0. The van der Waals surface area contributed by atoms with E-state index in [0.29, 0.717) is 13.0 Å². The lowest BCUT2D eigenvalue weighted by Crippen LogP contribution is -2.51. The molecule has 2 atom stereocenters. The molecule has 152 valence electrons. The highest BCUT2D eigenvalue weighted by atomic mass is 32.1. The van der Waals surface area contributed by atoms with E-state index in [1.54, 1.807) is 30.4 Å². The molecule has 2 aromatic rings. The molecule has 0 spiro atoms. The van der Waals surface area contributed by atoms with E-state index in [1.807, 2.05) is 19.2 Å². The van der Waals surface area contributed by atoms with Gasteiger partial charge < -0.3 is 21.5 Å². The lowest BCUT2D eigenvalue weighted by molar-refractivity contribution is -0.129. The molecule has 0 fully saturated rings. The number of nitrogens with two attached hydrogens (primary N) is 1. The molecule has 0 aliphatic heterocycles. The van der Waals surface area contributed by atoms with Gasteiger partial charge in [0.05, 0.1) is 6.04 Å². The van der Waals surface area contributed by atoms with E-state index in [4.69, 9.17) is 5.73 Å². The zero-order chi connectivity index (χ0) is 20.7. The van der Waals surface area contributed by atoms with Crippen LogP contribution in [0.5, 0.6) is 5.75 Å². The molecule has 0 aliphatic rings. The predicted molar refractivity (Wildman–Crippen MR) is 113 cm³/mol. The van der Waals surface area contributed by atoms with E-state index < -0.39 is 12.1 Å². The zero-order valence-corrected chi connectivity index (χ0v) is 17.4. The molecule has 1 aromatic carbocycles. The third-order valence-electron chi connectivity index (χ3n) is 4.72. The zero-order valence-electron chi connectivity index (χ0n) is 16.6. The third kappa shape index (κ3) is 6.35. The molecule has 0 aliphatic carbocycles. The average molecular weight is 404 g/mol. The van der Waals surface area contributed by atoms with Crippen molar-refractivity contribution in [1.29, 1.82) is 0 Å². The first-order valence-electron chi connectivity index (χ1n) is 9.41. The van der Waals surface area contributed by atoms with E-state index in [9.17, 15) is 14.7 Å². The number of benzene rings is 1. The minimum Gasteiger partial charge on any atom is -0.508 e. The minimum atomic E-state index is -0.768. The molecule has 0 saturated heterocycles. The van der Waals surface area contributed by atoms with Crippen LogP contribution < -0.4 is 16.4 Å². The van der Waals surface area contributed by atoms with Gasteiger partial charge in [-0.25, -0.2) is 0 Å². The van der Waals surface area contributed by atoms with Crippen molar-refractivity contribution in [2.24, 2.45) is 5.73 Å². The number of hydrogen-bond acceptors (Lipinski definition) is 5. The first kappa shape index (κ1) is 21.9. The van der Waals surface area contributed by atoms with Crippen LogP contribution in [0.4, 0.5) is 0 Å². The molecule has 7 heteroatoms. The van der Waals surface area contributed by atoms with Crippen molar-refractivity contribution in [3.8, 4) is 5.75 Å². The maximum Gasteiger partial charge on any atom is 0.242 e. The molecule has 1 unspecified atom stereocenters. The van der Waals surface area contributed by atoms with Crippen LogP contribution in [0.1, 0.15) is 35.6 Å². The summed E-state index contributed by atoms with van der Waals surface area (Å²) >= 11 is 1.66. The molecular weight excluding hydrogens is 374 g/mol. The number of thiophene rings is 1. The van der Waals surface area contributed by atoms with E-state index in [2.05, 4.69) is 22.1 Å². The number of aryl methyl sites for hydroxylation is 3. The number of aromatic hydroxyl groups is 1. The number of nitrogens with one attached hydrogen (secondary N) is 2. The molecule has 0 saturated carbocycles. The second kappa shape index (κ2) is 10.2. The maximum atomic E-state index is 12.4. The summed E-state index contributed by atoms with van der Waals surface area (Å²) in [5.74, 6) is -0.392. The number of carbonyl (C=O) groups excluding carboxylic acids is 2. The fourth-order valence-electron chi connectivity index (χ4n) is 3.08. The van der Waals surface area contributed by atoms with Gasteiger partial charge in [0.2, 0.25) is 11.8 Å². The van der Waals surface area contributed by atoms with Crippen molar-refractivity contribution >= 4 is 23.2 Å². The Labute approximate surface area is 170 Å². The smallest absolute Gasteiger partial charge is 0.242 e. The van der Waals surface area contributed by atoms with Crippen molar-refractivity contribution in [1.82, 2.24) is 10.6 Å². The van der Waals surface area contributed by atoms with Gasteiger partial charge in [0, 0.05) is 6.54 Å². The van der Waals surface area contributed by atoms with Crippen LogP contribution in [-0.2, 0) is 22.4 Å². The number of phenolic OH excluding ortho intramolecular Hbond substituents is 1. The van der Waals surface area contributed by atoms with Crippen LogP contribution in [-0.4, -0.2) is 35.5 Å². The van der Waals surface area contributed by atoms with Gasteiger partial charge in [-0.2, -0.15) is 11.3 Å². The van der Waals surface area contributed by atoms with Crippen LogP contribution in [0.25, 0.3) is 0 Å². The number of amides is 2. The number of phenols is 1. The van der Waals surface area contributed by atoms with E-state index in [0.717, 1.165) is 29.5 Å². The van der Waals surface area contributed by atoms with Gasteiger partial charge in [0.15, 0.2) is 0 Å². The second-order valence-electron chi connectivity index (χ2n) is 7.13. The molecule has 0 radical (unpaired) electrons. The maximum absolute atomic E-state index is 12.4. The average Bonchev–Trinajstić information content (AvgIpc) is 3.14. The Kier molecular flexibility index (Phi) is 8.02. The summed E-state index contributed by atoms with van der Waals surface area (Å²) in [6, 6.07) is 3.96. The lowest BCUT2D eigenvalue weighted by atomic mass is 9.96. The summed E-state index contributed by atoms with van der Waals surface area (Å²) in [6.45, 7) is 5.96. The Hall–Kier alpha value is -2.38. The fraction of sp³-hybridized carbons (Fsp3) is 0.429. The Balaban J connectivity index is 1.78. The van der Waals surface area contributed by atoms with Crippen LogP contribution in [0.2, 0.25) is 0 Å². The number of hydrogen-bond donors (Lipinski definition) is 4. The standard InChI is InChI=1S/C21H29N3O3S/c1-13-9-17(25)10-14(2)18(13)11-19(22)21(27)24-15(3)20(26)23-7-4-5-16-6-8-28-12-16/h6,8-10,12,15,19,25H,4-5,7,11,22H2,1-3H3,(H,23,26)(H,24,27)/t15-,19?/m1/s1. The van der Waals surface area contributed by atoms with Crippen LogP contribution in [0.15, 0.2) is 29.0 Å². The minimum absolute atomic E-state index is 0.195. The highest BCUT2D eigenvalue weighted by Gasteiger charge is 2.21. The summed E-state index contributed by atoms with van der Waals surface area (Å²) in [7, 11) is 0. The molecule has 2 rings (SSSR count). The summed E-state index contributed by atoms with van der Waals surface area (Å²) in [4.78, 5) is 24.5. The monoisotopic (exact) mass is 403 g/mol. The van der Waals surface area contributed by atoms with Crippen molar-refractivity contribution in [3.63, 3.8) is 0 Å². The lowest BCUT2D eigenvalue weighted by Gasteiger charge is -2.19. The molecular formula is C21H29N3O3S. The van der Waals surface area contributed by atoms with Crippen LogP contribution >= 0.6 is 11.3 Å². The van der Waals surface area contributed by atoms with Gasteiger partial charge in [-0.15, -0.1) is 0 Å². The van der Waals surface area contributed by atoms with E-state index in [-0.39, 0.29) is 17.6 Å². The first-order valence-corrected chi connectivity index (χ1v) is 10.4. The normalized spacial score (nSPS) is 13.0. The Morgan fingerprint density at radius 1 is 1.21 bits per heavy atom. The third-order valence-corrected chi connectivity index (χ3v) is 5.45. The highest BCUT2D eigenvalue weighted by molar-refractivity contribution is 7.07. The molecule has 1 heterocycles. The Bertz CT molecular complexity index is 782. The van der Waals surface area contributed by atoms with Gasteiger partial charge in [-0.3, -0.25) is 9.59 Å². The highest BCUT2D eigenvalue weighted by Crippen LogP contribution is 2.21. The van der Waals surface area contributed by atoms with Gasteiger partial charge in [-0.1, -0.05) is 0 Å². The SMILES string of the molecule is Cc1cc(O)cc(C)c1CC(N)C(=O)N[C@H](C)C(=O)NCCCc1ccsc1. The van der Waals surface area contributed by atoms with Gasteiger partial charge in [0.25, 0.3) is 0 Å². The summed E-state index contributed by atoms with van der Waals surface area (Å²) in [6.07, 6.45) is 2.11. The van der Waals surface area contributed by atoms with Crippen LogP contribution in [0, 0.1) is 13.8 Å². The number of carbonyl (C=O) groups is 2. The van der Waals surface area contributed by atoms with Crippen molar-refractivity contribution in [3.05, 3.63) is 51.2 Å². The Morgan fingerprint density at radius 3 is 2.50 bits per heavy atom. The molecule has 28 heavy (non-hydrogen) atoms.